The average Bonchev–Trinajstić information content (AvgIpc) is 3.20. The number of anilines is 1. The van der Waals surface area contributed by atoms with Crippen molar-refractivity contribution in [2.75, 3.05) is 5.32 Å². The van der Waals surface area contributed by atoms with Crippen molar-refractivity contribution in [2.24, 2.45) is 0 Å². The van der Waals surface area contributed by atoms with Crippen molar-refractivity contribution in [1.29, 1.82) is 0 Å². The van der Waals surface area contributed by atoms with Crippen LogP contribution in [0.4, 0.5) is 5.82 Å². The van der Waals surface area contributed by atoms with Crippen LogP contribution in [0.3, 0.4) is 0 Å². The van der Waals surface area contributed by atoms with Gasteiger partial charge in [-0.1, -0.05) is 68.4 Å². The molecule has 3 aromatic rings. The normalized spacial score (nSPS) is 16.8. The number of Topliss-reactive ketones (excluding diaryl/α,β-unsaturated/α-hetero) is 1. The van der Waals surface area contributed by atoms with Crippen molar-refractivity contribution >= 4 is 17.5 Å². The summed E-state index contributed by atoms with van der Waals surface area (Å²) in [4.78, 5) is 25.6. The van der Waals surface area contributed by atoms with Gasteiger partial charge in [0.2, 0.25) is 0 Å². The zero-order chi connectivity index (χ0) is 25.4. The number of fused-ring (bicyclic) bond motifs is 1. The maximum atomic E-state index is 13.9. The van der Waals surface area contributed by atoms with E-state index in [4.69, 9.17) is 5.10 Å². The molecule has 1 aliphatic rings. The first-order valence-corrected chi connectivity index (χ1v) is 12.5. The highest BCUT2D eigenvalue weighted by Gasteiger charge is 2.39. The van der Waals surface area contributed by atoms with Crippen LogP contribution < -0.4 is 10.6 Å². The maximum Gasteiger partial charge on any atom is 0.257 e. The Balaban J connectivity index is 1.71. The second-order valence-corrected chi connectivity index (χ2v) is 10.2. The fraction of sp³-hybridized carbons (Fsp3) is 0.414. The fourth-order valence-electron chi connectivity index (χ4n) is 5.27. The second kappa shape index (κ2) is 9.33. The predicted octanol–water partition coefficient (Wildman–Crippen LogP) is 6.13. The number of carbonyl (C=O) groups is 2. The van der Waals surface area contributed by atoms with Gasteiger partial charge in [-0.15, -0.1) is 0 Å². The molecule has 1 unspecified atom stereocenters. The molecule has 0 saturated carbocycles. The molecule has 0 spiro atoms. The van der Waals surface area contributed by atoms with Gasteiger partial charge in [-0.05, 0) is 58.1 Å². The van der Waals surface area contributed by atoms with Crippen molar-refractivity contribution in [3.05, 3.63) is 82.5 Å². The first-order valence-electron chi connectivity index (χ1n) is 12.5. The highest BCUT2D eigenvalue weighted by atomic mass is 16.2. The molecule has 1 aromatic heterocycles. The van der Waals surface area contributed by atoms with Gasteiger partial charge in [0.1, 0.15) is 11.4 Å². The molecule has 6 nitrogen and oxygen atoms in total. The minimum Gasteiger partial charge on any atom is -0.363 e. The molecule has 0 aliphatic carbocycles. The number of hydrogen-bond acceptors (Lipinski definition) is 4. The van der Waals surface area contributed by atoms with Crippen LogP contribution in [-0.2, 0) is 11.1 Å². The molecule has 0 saturated heterocycles. The largest absolute Gasteiger partial charge is 0.363 e. The number of carbonyl (C=O) groups excluding carboxylic acids is 2. The van der Waals surface area contributed by atoms with Crippen LogP contribution in [0.2, 0.25) is 0 Å². The topological polar surface area (TPSA) is 76.0 Å². The molecule has 2 N–H and O–H groups in total. The van der Waals surface area contributed by atoms with Gasteiger partial charge in [0, 0.05) is 5.56 Å². The van der Waals surface area contributed by atoms with Crippen LogP contribution in [0.5, 0.6) is 0 Å². The molecule has 0 fully saturated rings. The highest BCUT2D eigenvalue weighted by molar-refractivity contribution is 6.01. The number of aryl methyl sites for hydroxylation is 1. The number of hydrogen-bond donors (Lipinski definition) is 2. The van der Waals surface area contributed by atoms with Gasteiger partial charge in [-0.3, -0.25) is 9.59 Å². The van der Waals surface area contributed by atoms with E-state index in [1.165, 1.54) is 5.56 Å². The summed E-state index contributed by atoms with van der Waals surface area (Å²) in [6.07, 6.45) is 2.31. The number of nitrogens with zero attached hydrogens (tertiary/aromatic N) is 2. The number of ketones is 1. The molecule has 1 atom stereocenters. The molecule has 6 heteroatoms. The molecule has 0 bridgehead atoms. The molecule has 0 radical (unpaired) electrons. The maximum absolute atomic E-state index is 13.9. The Morgan fingerprint density at radius 2 is 1.71 bits per heavy atom. The zero-order valence-electron chi connectivity index (χ0n) is 21.6. The van der Waals surface area contributed by atoms with Gasteiger partial charge in [0.05, 0.1) is 22.8 Å². The van der Waals surface area contributed by atoms with E-state index in [1.54, 1.807) is 6.92 Å². The lowest BCUT2D eigenvalue weighted by molar-refractivity contribution is 0.0888. The molecule has 184 valence electrons. The molecule has 35 heavy (non-hydrogen) atoms. The van der Waals surface area contributed by atoms with E-state index in [9.17, 15) is 9.59 Å². The summed E-state index contributed by atoms with van der Waals surface area (Å²) >= 11 is 0. The Labute approximate surface area is 208 Å². The van der Waals surface area contributed by atoms with Gasteiger partial charge >= 0.3 is 0 Å². The standard InChI is InChI=1S/C29H36N4O2/c1-7-29(8-2,23-16-14-21(15-17-23)20(4)34)31-27(35)25-19(3)32-33-26(25)30-24(18-28(33,5)6)22-12-10-9-11-13-22/h9-17,24,30H,7-8,18H2,1-6H3,(H,31,35). The van der Waals surface area contributed by atoms with E-state index in [0.29, 0.717) is 16.8 Å². The van der Waals surface area contributed by atoms with Crippen LogP contribution in [-0.4, -0.2) is 21.5 Å². The summed E-state index contributed by atoms with van der Waals surface area (Å²) < 4.78 is 1.97. The predicted molar refractivity (Wildman–Crippen MR) is 140 cm³/mol. The first-order chi connectivity index (χ1) is 16.6. The molecule has 2 aromatic carbocycles. The third-order valence-electron chi connectivity index (χ3n) is 7.48. The number of aromatic nitrogens is 2. The fourth-order valence-corrected chi connectivity index (χ4v) is 5.27. The summed E-state index contributed by atoms with van der Waals surface area (Å²) in [5.41, 5.74) is 3.36. The van der Waals surface area contributed by atoms with E-state index in [2.05, 4.69) is 50.5 Å². The lowest BCUT2D eigenvalue weighted by Gasteiger charge is -2.38. The van der Waals surface area contributed by atoms with Crippen molar-refractivity contribution < 1.29 is 9.59 Å². The average molecular weight is 473 g/mol. The summed E-state index contributed by atoms with van der Waals surface area (Å²) in [6, 6.07) is 18.0. The molecule has 1 amide bonds. The summed E-state index contributed by atoms with van der Waals surface area (Å²) in [5.74, 6) is 0.654. The highest BCUT2D eigenvalue weighted by Crippen LogP contribution is 2.41. The van der Waals surface area contributed by atoms with Gasteiger partial charge in [-0.2, -0.15) is 5.10 Å². The van der Waals surface area contributed by atoms with Gasteiger partial charge in [0.15, 0.2) is 5.78 Å². The quantitative estimate of drug-likeness (QED) is 0.406. The Hall–Kier alpha value is -3.41. The van der Waals surface area contributed by atoms with E-state index < -0.39 is 5.54 Å². The van der Waals surface area contributed by atoms with Gasteiger partial charge in [-0.25, -0.2) is 4.68 Å². The van der Waals surface area contributed by atoms with Gasteiger partial charge in [0.25, 0.3) is 5.91 Å². The second-order valence-electron chi connectivity index (χ2n) is 10.2. The SMILES string of the molecule is CCC(CC)(NC(=O)c1c(C)nn2c1NC(c1ccccc1)CC2(C)C)c1ccc(C(C)=O)cc1. The summed E-state index contributed by atoms with van der Waals surface area (Å²) in [6.45, 7) is 12.0. The third-order valence-corrected chi connectivity index (χ3v) is 7.48. The molecule has 4 rings (SSSR count). The minimum absolute atomic E-state index is 0.0305. The van der Waals surface area contributed by atoms with Crippen LogP contribution >= 0.6 is 0 Å². The molecular formula is C29H36N4O2. The summed E-state index contributed by atoms with van der Waals surface area (Å²) in [7, 11) is 0. The van der Waals surface area contributed by atoms with E-state index >= 15 is 0 Å². The first kappa shape index (κ1) is 24.7. The molecule has 2 heterocycles. The van der Waals surface area contributed by atoms with E-state index in [1.807, 2.05) is 54.1 Å². The summed E-state index contributed by atoms with van der Waals surface area (Å²) in [5, 5.41) is 11.8. The van der Waals surface area contributed by atoms with Crippen LogP contribution in [0, 0.1) is 6.92 Å². The monoisotopic (exact) mass is 472 g/mol. The van der Waals surface area contributed by atoms with Crippen LogP contribution in [0.25, 0.3) is 0 Å². The van der Waals surface area contributed by atoms with Gasteiger partial charge < -0.3 is 10.6 Å². The molecular weight excluding hydrogens is 436 g/mol. The lowest BCUT2D eigenvalue weighted by Crippen LogP contribution is -2.45. The Morgan fingerprint density at radius 1 is 1.09 bits per heavy atom. The number of benzene rings is 2. The van der Waals surface area contributed by atoms with E-state index in [0.717, 1.165) is 30.6 Å². The molecule has 1 aliphatic heterocycles. The smallest absolute Gasteiger partial charge is 0.257 e. The number of amides is 1. The number of nitrogens with one attached hydrogen (secondary N) is 2. The van der Waals surface area contributed by atoms with Crippen molar-refractivity contribution in [1.82, 2.24) is 15.1 Å². The zero-order valence-corrected chi connectivity index (χ0v) is 21.6. The van der Waals surface area contributed by atoms with Crippen molar-refractivity contribution in [2.45, 2.75) is 77.9 Å². The minimum atomic E-state index is -0.545. The Kier molecular flexibility index (Phi) is 6.58. The van der Waals surface area contributed by atoms with E-state index in [-0.39, 0.29) is 23.3 Å². The van der Waals surface area contributed by atoms with Crippen molar-refractivity contribution in [3.63, 3.8) is 0 Å². The van der Waals surface area contributed by atoms with Crippen LogP contribution in [0.15, 0.2) is 54.6 Å². The lowest BCUT2D eigenvalue weighted by atomic mass is 9.83. The third kappa shape index (κ3) is 4.49. The van der Waals surface area contributed by atoms with Crippen molar-refractivity contribution in [3.8, 4) is 0 Å². The Bertz CT molecular complexity index is 1220. The van der Waals surface area contributed by atoms with Crippen LogP contribution in [0.1, 0.15) is 97.5 Å². The Morgan fingerprint density at radius 3 is 2.29 bits per heavy atom. The number of rotatable bonds is 7.